The number of thioether (sulfide) groups is 1. The fraction of sp³-hybridized carbons (Fsp3) is 0.409. The van der Waals surface area contributed by atoms with Gasteiger partial charge in [0.15, 0.2) is 0 Å². The second kappa shape index (κ2) is 13.3. The van der Waals surface area contributed by atoms with Crippen LogP contribution in [0.15, 0.2) is 30.5 Å². The molecule has 0 spiro atoms. The monoisotopic (exact) mass is 506 g/mol. The van der Waals surface area contributed by atoms with Crippen LogP contribution < -0.4 is 27.4 Å². The Labute approximate surface area is 205 Å². The van der Waals surface area contributed by atoms with Crippen molar-refractivity contribution in [3.8, 4) is 0 Å². The van der Waals surface area contributed by atoms with Crippen LogP contribution in [0.2, 0.25) is 0 Å². The Morgan fingerprint density at radius 1 is 1.03 bits per heavy atom. The topological polar surface area (TPSA) is 209 Å². The van der Waals surface area contributed by atoms with E-state index in [0.29, 0.717) is 11.3 Å². The summed E-state index contributed by atoms with van der Waals surface area (Å²) < 4.78 is 0. The van der Waals surface area contributed by atoms with Gasteiger partial charge in [-0.1, -0.05) is 18.2 Å². The first-order valence-corrected chi connectivity index (χ1v) is 12.2. The third-order valence-corrected chi connectivity index (χ3v) is 5.84. The maximum atomic E-state index is 13.0. The van der Waals surface area contributed by atoms with E-state index in [4.69, 9.17) is 11.5 Å². The van der Waals surface area contributed by atoms with Crippen molar-refractivity contribution >= 4 is 52.3 Å². The molecule has 12 nitrogen and oxygen atoms in total. The number of carboxylic acids is 1. The minimum Gasteiger partial charge on any atom is -0.480 e. The van der Waals surface area contributed by atoms with Gasteiger partial charge in [0.25, 0.3) is 0 Å². The number of benzene rings is 1. The third-order valence-electron chi connectivity index (χ3n) is 5.20. The molecule has 2 aromatic rings. The summed E-state index contributed by atoms with van der Waals surface area (Å²) in [5.74, 6) is -3.79. The number of H-pyrrole nitrogens is 1. The van der Waals surface area contributed by atoms with Gasteiger partial charge in [-0.2, -0.15) is 11.8 Å². The molecule has 3 unspecified atom stereocenters. The van der Waals surface area contributed by atoms with E-state index in [1.165, 1.54) is 11.8 Å². The number of nitrogens with one attached hydrogen (secondary N) is 4. The Bertz CT molecular complexity index is 1070. The number of nitrogens with two attached hydrogens (primary N) is 2. The molecule has 0 saturated carbocycles. The maximum Gasteiger partial charge on any atom is 0.326 e. The van der Waals surface area contributed by atoms with Crippen molar-refractivity contribution in [3.05, 3.63) is 36.0 Å². The fourth-order valence-electron chi connectivity index (χ4n) is 3.43. The summed E-state index contributed by atoms with van der Waals surface area (Å²) in [5.41, 5.74) is 12.0. The highest BCUT2D eigenvalue weighted by atomic mass is 32.2. The van der Waals surface area contributed by atoms with Crippen molar-refractivity contribution in [2.75, 3.05) is 18.6 Å². The molecule has 9 N–H and O–H groups in total. The number of fused-ring (bicyclic) bond motifs is 1. The fourth-order valence-corrected chi connectivity index (χ4v) is 3.90. The molecular weight excluding hydrogens is 476 g/mol. The number of hydrogen-bond donors (Lipinski definition) is 7. The van der Waals surface area contributed by atoms with E-state index in [0.717, 1.165) is 10.9 Å². The quantitative estimate of drug-likeness (QED) is 0.166. The van der Waals surface area contributed by atoms with Gasteiger partial charge in [0.2, 0.25) is 23.6 Å². The summed E-state index contributed by atoms with van der Waals surface area (Å²) in [7, 11) is 0. The average molecular weight is 507 g/mol. The Morgan fingerprint density at radius 2 is 1.69 bits per heavy atom. The number of carboxylic acid groups (broad SMARTS) is 1. The normalized spacial score (nSPS) is 13.4. The van der Waals surface area contributed by atoms with Gasteiger partial charge in [-0.25, -0.2) is 4.79 Å². The molecule has 0 radical (unpaired) electrons. The molecule has 0 aliphatic carbocycles. The molecule has 0 fully saturated rings. The summed E-state index contributed by atoms with van der Waals surface area (Å²) in [5, 5.41) is 17.8. The zero-order valence-corrected chi connectivity index (χ0v) is 20.0. The first-order valence-electron chi connectivity index (χ1n) is 10.8. The minimum atomic E-state index is -1.32. The van der Waals surface area contributed by atoms with Gasteiger partial charge < -0.3 is 37.5 Å². The molecule has 1 heterocycles. The van der Waals surface area contributed by atoms with Crippen molar-refractivity contribution in [2.24, 2.45) is 11.5 Å². The van der Waals surface area contributed by atoms with Gasteiger partial charge in [-0.05, 0) is 30.1 Å². The first-order chi connectivity index (χ1) is 16.7. The largest absolute Gasteiger partial charge is 0.480 e. The summed E-state index contributed by atoms with van der Waals surface area (Å²) in [6, 6.07) is 3.69. The Kier molecular flexibility index (Phi) is 10.5. The summed E-state index contributed by atoms with van der Waals surface area (Å²) >= 11 is 1.43. The minimum absolute atomic E-state index is 0.0190. The van der Waals surface area contributed by atoms with Gasteiger partial charge in [0.05, 0.1) is 13.0 Å². The molecule has 4 amide bonds. The van der Waals surface area contributed by atoms with Crippen molar-refractivity contribution < 1.29 is 29.1 Å². The number of rotatable bonds is 14. The van der Waals surface area contributed by atoms with Crippen molar-refractivity contribution in [3.63, 3.8) is 0 Å². The van der Waals surface area contributed by atoms with Crippen LogP contribution in [0.4, 0.5) is 0 Å². The van der Waals surface area contributed by atoms with Gasteiger partial charge >= 0.3 is 5.97 Å². The van der Waals surface area contributed by atoms with E-state index in [-0.39, 0.29) is 12.8 Å². The molecule has 0 aliphatic heterocycles. The second-order valence-electron chi connectivity index (χ2n) is 7.80. The molecule has 13 heteroatoms. The lowest BCUT2D eigenvalue weighted by molar-refractivity contribution is -0.142. The maximum absolute atomic E-state index is 13.0. The number of hydrogen-bond acceptors (Lipinski definition) is 7. The third kappa shape index (κ3) is 8.30. The van der Waals surface area contributed by atoms with E-state index in [2.05, 4.69) is 20.9 Å². The predicted octanol–water partition coefficient (Wildman–Crippen LogP) is -1.16. The van der Waals surface area contributed by atoms with Crippen LogP contribution in [0, 0.1) is 0 Å². The Morgan fingerprint density at radius 3 is 2.31 bits per heavy atom. The molecule has 2 rings (SSSR count). The van der Waals surface area contributed by atoms with Crippen molar-refractivity contribution in [2.45, 2.75) is 37.4 Å². The highest BCUT2D eigenvalue weighted by molar-refractivity contribution is 7.98. The van der Waals surface area contributed by atoms with E-state index < -0.39 is 60.7 Å². The molecule has 35 heavy (non-hydrogen) atoms. The smallest absolute Gasteiger partial charge is 0.326 e. The number of carbonyl (C=O) groups is 5. The van der Waals surface area contributed by atoms with Crippen LogP contribution >= 0.6 is 11.8 Å². The van der Waals surface area contributed by atoms with Crippen LogP contribution in [0.1, 0.15) is 18.4 Å². The standard InChI is InChI=1S/C22H30N6O6S/c1-35-7-6-15(27-21(32)16(9-18(24)29)26-19(30)10-23)20(31)28-17(22(33)34)8-12-11-25-14-5-3-2-4-13(12)14/h2-5,11,15-17,25H,6-10,23H2,1H3,(H2,24,29)(H,26,30)(H,27,32)(H,28,31)(H,33,34). The Balaban J connectivity index is 2.16. The lowest BCUT2D eigenvalue weighted by Gasteiger charge is -2.24. The van der Waals surface area contributed by atoms with E-state index >= 15 is 0 Å². The summed E-state index contributed by atoms with van der Waals surface area (Å²) in [4.78, 5) is 63.7. The lowest BCUT2D eigenvalue weighted by Crippen LogP contribution is -2.57. The number of para-hydroxylation sites is 1. The van der Waals surface area contributed by atoms with Crippen LogP contribution in [-0.2, 0) is 30.4 Å². The first kappa shape index (κ1) is 27.7. The number of aromatic amines is 1. The highest BCUT2D eigenvalue weighted by Gasteiger charge is 2.30. The number of primary amides is 1. The van der Waals surface area contributed by atoms with Crippen LogP contribution in [0.5, 0.6) is 0 Å². The number of amides is 4. The predicted molar refractivity (Wildman–Crippen MR) is 131 cm³/mol. The second-order valence-corrected chi connectivity index (χ2v) is 8.79. The molecule has 3 atom stereocenters. The summed E-state index contributed by atoms with van der Waals surface area (Å²) in [6.07, 6.45) is 3.21. The highest BCUT2D eigenvalue weighted by Crippen LogP contribution is 2.19. The molecule has 1 aromatic heterocycles. The zero-order chi connectivity index (χ0) is 26.0. The SMILES string of the molecule is CSCCC(NC(=O)C(CC(N)=O)NC(=O)CN)C(=O)NC(Cc1c[nH]c2ccccc12)C(=O)O. The van der Waals surface area contributed by atoms with Crippen LogP contribution in [0.3, 0.4) is 0 Å². The molecular formula is C22H30N6O6S. The zero-order valence-electron chi connectivity index (χ0n) is 19.2. The van der Waals surface area contributed by atoms with Crippen LogP contribution in [-0.4, -0.2) is 76.4 Å². The number of aliphatic carboxylic acids is 1. The van der Waals surface area contributed by atoms with Gasteiger partial charge in [-0.3, -0.25) is 19.2 Å². The van der Waals surface area contributed by atoms with E-state index in [1.807, 2.05) is 30.5 Å². The van der Waals surface area contributed by atoms with E-state index in [9.17, 15) is 29.1 Å². The van der Waals surface area contributed by atoms with Gasteiger partial charge in [0, 0.05) is 23.5 Å². The summed E-state index contributed by atoms with van der Waals surface area (Å²) in [6.45, 7) is -0.410. The number of carbonyl (C=O) groups excluding carboxylic acids is 4. The van der Waals surface area contributed by atoms with Crippen molar-refractivity contribution in [1.29, 1.82) is 0 Å². The Hall–Kier alpha value is -3.58. The van der Waals surface area contributed by atoms with Crippen LogP contribution in [0.25, 0.3) is 10.9 Å². The van der Waals surface area contributed by atoms with E-state index in [1.54, 1.807) is 6.20 Å². The molecule has 0 saturated heterocycles. The molecule has 190 valence electrons. The number of aromatic nitrogens is 1. The van der Waals surface area contributed by atoms with Crippen molar-refractivity contribution in [1.82, 2.24) is 20.9 Å². The van der Waals surface area contributed by atoms with Gasteiger partial charge in [0.1, 0.15) is 18.1 Å². The molecule has 1 aromatic carbocycles. The molecule has 0 aliphatic rings. The lowest BCUT2D eigenvalue weighted by atomic mass is 10.0. The average Bonchev–Trinajstić information content (AvgIpc) is 3.22. The van der Waals surface area contributed by atoms with Gasteiger partial charge in [-0.15, -0.1) is 0 Å². The molecule has 0 bridgehead atoms.